The lowest BCUT2D eigenvalue weighted by atomic mass is 10.2. The molecule has 3 aromatic rings. The quantitative estimate of drug-likeness (QED) is 0.548. The van der Waals surface area contributed by atoms with E-state index in [1.165, 1.54) is 0 Å². The molecular formula is C22H24N4O3. The van der Waals surface area contributed by atoms with E-state index in [1.807, 2.05) is 37.3 Å². The molecule has 3 N–H and O–H groups in total. The Hall–Kier alpha value is -3.48. The molecule has 29 heavy (non-hydrogen) atoms. The summed E-state index contributed by atoms with van der Waals surface area (Å²) in [5.41, 5.74) is 2.10. The van der Waals surface area contributed by atoms with Crippen molar-refractivity contribution in [1.29, 1.82) is 0 Å². The van der Waals surface area contributed by atoms with Crippen LogP contribution in [0.5, 0.6) is 0 Å². The van der Waals surface area contributed by atoms with Crippen LogP contribution in [0.1, 0.15) is 37.6 Å². The molecule has 0 bridgehead atoms. The van der Waals surface area contributed by atoms with Crippen molar-refractivity contribution in [2.45, 2.75) is 39.2 Å². The molecule has 1 aromatic heterocycles. The van der Waals surface area contributed by atoms with Gasteiger partial charge < -0.3 is 15.6 Å². The van der Waals surface area contributed by atoms with Crippen LogP contribution in [-0.4, -0.2) is 21.8 Å². The molecule has 0 spiro atoms. The summed E-state index contributed by atoms with van der Waals surface area (Å²) in [5, 5.41) is 6.22. The largest absolute Gasteiger partial charge is 0.352 e. The fraction of sp³-hybridized carbons (Fsp3) is 0.273. The molecule has 0 atom stereocenters. The van der Waals surface area contributed by atoms with Gasteiger partial charge in [0.1, 0.15) is 5.82 Å². The van der Waals surface area contributed by atoms with Crippen molar-refractivity contribution in [3.05, 3.63) is 70.3 Å². The smallest absolute Gasteiger partial charge is 0.258 e. The molecule has 3 rings (SSSR count). The summed E-state index contributed by atoms with van der Waals surface area (Å²) in [7, 11) is 0. The van der Waals surface area contributed by atoms with Gasteiger partial charge in [-0.15, -0.1) is 0 Å². The minimum Gasteiger partial charge on any atom is -0.352 e. The van der Waals surface area contributed by atoms with Gasteiger partial charge in [0.15, 0.2) is 0 Å². The van der Waals surface area contributed by atoms with Crippen molar-refractivity contribution >= 4 is 28.4 Å². The highest BCUT2D eigenvalue weighted by Crippen LogP contribution is 2.10. The zero-order chi connectivity index (χ0) is 20.6. The standard InChI is InChI=1S/C22H24N4O3/c1-2-5-21(28)24-16-10-8-15(9-11-16)14-23-20(27)13-12-19-25-18-7-4-3-6-17(18)22(29)26-19/h3-4,6-11H,2,5,12-14H2,1H3,(H,23,27)(H,24,28)(H,25,26,29). The summed E-state index contributed by atoms with van der Waals surface area (Å²) in [6.45, 7) is 2.35. The monoisotopic (exact) mass is 392 g/mol. The summed E-state index contributed by atoms with van der Waals surface area (Å²) in [4.78, 5) is 42.9. The van der Waals surface area contributed by atoms with Crippen LogP contribution in [0.2, 0.25) is 0 Å². The number of benzene rings is 2. The zero-order valence-corrected chi connectivity index (χ0v) is 16.3. The molecule has 150 valence electrons. The molecule has 7 nitrogen and oxygen atoms in total. The minimum atomic E-state index is -0.197. The van der Waals surface area contributed by atoms with Crippen LogP contribution in [-0.2, 0) is 22.6 Å². The van der Waals surface area contributed by atoms with Crippen molar-refractivity contribution in [2.75, 3.05) is 5.32 Å². The first kappa shape index (κ1) is 20.3. The van der Waals surface area contributed by atoms with E-state index in [9.17, 15) is 14.4 Å². The Morgan fingerprint density at radius 2 is 1.76 bits per heavy atom. The Balaban J connectivity index is 1.49. The van der Waals surface area contributed by atoms with Crippen LogP contribution in [0.15, 0.2) is 53.3 Å². The number of carbonyl (C=O) groups excluding carboxylic acids is 2. The number of rotatable bonds is 8. The number of aromatic nitrogens is 2. The lowest BCUT2D eigenvalue weighted by molar-refractivity contribution is -0.121. The highest BCUT2D eigenvalue weighted by molar-refractivity contribution is 5.90. The third-order valence-corrected chi connectivity index (χ3v) is 4.46. The van der Waals surface area contributed by atoms with E-state index in [-0.39, 0.29) is 23.8 Å². The maximum Gasteiger partial charge on any atom is 0.258 e. The second-order valence-electron chi connectivity index (χ2n) is 6.80. The van der Waals surface area contributed by atoms with E-state index in [0.29, 0.717) is 36.1 Å². The van der Waals surface area contributed by atoms with Crippen molar-refractivity contribution < 1.29 is 9.59 Å². The minimum absolute atomic E-state index is 0.00565. The molecule has 2 amide bonds. The Labute approximate surface area is 168 Å². The van der Waals surface area contributed by atoms with Crippen LogP contribution in [0.25, 0.3) is 10.9 Å². The summed E-state index contributed by atoms with van der Waals surface area (Å²) in [5.74, 6) is 0.367. The topological polar surface area (TPSA) is 104 Å². The number of hydrogen-bond donors (Lipinski definition) is 3. The van der Waals surface area contributed by atoms with E-state index < -0.39 is 0 Å². The lowest BCUT2D eigenvalue weighted by Crippen LogP contribution is -2.23. The maximum atomic E-state index is 12.1. The van der Waals surface area contributed by atoms with E-state index in [2.05, 4.69) is 20.6 Å². The van der Waals surface area contributed by atoms with Gasteiger partial charge in [-0.25, -0.2) is 4.98 Å². The van der Waals surface area contributed by atoms with Crippen molar-refractivity contribution in [3.63, 3.8) is 0 Å². The molecular weight excluding hydrogens is 368 g/mol. The van der Waals surface area contributed by atoms with Crippen LogP contribution in [0, 0.1) is 0 Å². The number of amides is 2. The Bertz CT molecular complexity index is 1060. The summed E-state index contributed by atoms with van der Waals surface area (Å²) in [6, 6.07) is 14.5. The van der Waals surface area contributed by atoms with Gasteiger partial charge in [0, 0.05) is 31.5 Å². The lowest BCUT2D eigenvalue weighted by Gasteiger charge is -2.08. The highest BCUT2D eigenvalue weighted by Gasteiger charge is 2.07. The van der Waals surface area contributed by atoms with E-state index in [0.717, 1.165) is 17.7 Å². The molecule has 2 aromatic carbocycles. The number of aromatic amines is 1. The first-order chi connectivity index (χ1) is 14.0. The number of carbonyl (C=O) groups is 2. The third kappa shape index (κ3) is 5.75. The summed E-state index contributed by atoms with van der Waals surface area (Å²) in [6.07, 6.45) is 1.88. The molecule has 0 radical (unpaired) electrons. The van der Waals surface area contributed by atoms with Crippen LogP contribution in [0.3, 0.4) is 0 Å². The molecule has 0 unspecified atom stereocenters. The average Bonchev–Trinajstić information content (AvgIpc) is 2.72. The van der Waals surface area contributed by atoms with E-state index in [1.54, 1.807) is 18.2 Å². The van der Waals surface area contributed by atoms with Gasteiger partial charge in [0.2, 0.25) is 11.8 Å². The predicted molar refractivity (Wildman–Crippen MR) is 113 cm³/mol. The van der Waals surface area contributed by atoms with Gasteiger partial charge in [0.05, 0.1) is 10.9 Å². The zero-order valence-electron chi connectivity index (χ0n) is 16.3. The van der Waals surface area contributed by atoms with Crippen LogP contribution >= 0.6 is 0 Å². The fourth-order valence-corrected chi connectivity index (χ4v) is 2.93. The molecule has 0 saturated carbocycles. The second-order valence-corrected chi connectivity index (χ2v) is 6.80. The van der Waals surface area contributed by atoms with Gasteiger partial charge in [-0.2, -0.15) is 0 Å². The van der Waals surface area contributed by atoms with Gasteiger partial charge >= 0.3 is 0 Å². The normalized spacial score (nSPS) is 10.7. The fourth-order valence-electron chi connectivity index (χ4n) is 2.93. The van der Waals surface area contributed by atoms with Crippen molar-refractivity contribution in [1.82, 2.24) is 15.3 Å². The Kier molecular flexibility index (Phi) is 6.73. The first-order valence-corrected chi connectivity index (χ1v) is 9.68. The number of para-hydroxylation sites is 1. The maximum absolute atomic E-state index is 12.1. The third-order valence-electron chi connectivity index (χ3n) is 4.46. The number of H-pyrrole nitrogens is 1. The van der Waals surface area contributed by atoms with Crippen LogP contribution in [0.4, 0.5) is 5.69 Å². The van der Waals surface area contributed by atoms with Crippen molar-refractivity contribution in [3.8, 4) is 0 Å². The van der Waals surface area contributed by atoms with Gasteiger partial charge in [-0.3, -0.25) is 14.4 Å². The molecule has 0 aliphatic heterocycles. The predicted octanol–water partition coefficient (Wildman–Crippen LogP) is 2.91. The summed E-state index contributed by atoms with van der Waals surface area (Å²) < 4.78 is 0. The van der Waals surface area contributed by atoms with E-state index in [4.69, 9.17) is 0 Å². The first-order valence-electron chi connectivity index (χ1n) is 9.68. The Morgan fingerprint density at radius 3 is 2.52 bits per heavy atom. The van der Waals surface area contributed by atoms with E-state index >= 15 is 0 Å². The van der Waals surface area contributed by atoms with Crippen LogP contribution < -0.4 is 16.2 Å². The second kappa shape index (κ2) is 9.64. The number of nitrogens with zero attached hydrogens (tertiary/aromatic N) is 1. The Morgan fingerprint density at radius 1 is 1.00 bits per heavy atom. The molecule has 0 fully saturated rings. The number of anilines is 1. The highest BCUT2D eigenvalue weighted by atomic mass is 16.2. The average molecular weight is 392 g/mol. The number of aryl methyl sites for hydroxylation is 1. The number of fused-ring (bicyclic) bond motifs is 1. The molecule has 0 aliphatic rings. The number of nitrogens with one attached hydrogen (secondary N) is 3. The van der Waals surface area contributed by atoms with Gasteiger partial charge in [0.25, 0.3) is 5.56 Å². The molecule has 7 heteroatoms. The molecule has 1 heterocycles. The summed E-state index contributed by atoms with van der Waals surface area (Å²) >= 11 is 0. The van der Waals surface area contributed by atoms with Crippen molar-refractivity contribution in [2.24, 2.45) is 0 Å². The molecule has 0 aliphatic carbocycles. The van der Waals surface area contributed by atoms with Gasteiger partial charge in [-0.1, -0.05) is 31.2 Å². The molecule has 0 saturated heterocycles. The number of hydrogen-bond acceptors (Lipinski definition) is 4. The van der Waals surface area contributed by atoms with Gasteiger partial charge in [-0.05, 0) is 36.2 Å². The SMILES string of the molecule is CCCC(=O)Nc1ccc(CNC(=O)CCc2nc3ccccc3c(=O)[nH]2)cc1.